The maximum Gasteiger partial charge on any atom is 0.338 e. The van der Waals surface area contributed by atoms with Gasteiger partial charge in [0.1, 0.15) is 5.52 Å². The largest absolute Gasteiger partial charge is 0.462 e. The van der Waals surface area contributed by atoms with Crippen LogP contribution in [0.2, 0.25) is 0 Å². The van der Waals surface area contributed by atoms with Crippen LogP contribution in [0.5, 0.6) is 0 Å². The van der Waals surface area contributed by atoms with Crippen molar-refractivity contribution in [3.05, 3.63) is 48.2 Å². The van der Waals surface area contributed by atoms with E-state index in [1.54, 1.807) is 37.4 Å². The molecule has 4 aromatic rings. The summed E-state index contributed by atoms with van der Waals surface area (Å²) in [5.74, 6) is 1.02. The summed E-state index contributed by atoms with van der Waals surface area (Å²) < 4.78 is 16.6. The van der Waals surface area contributed by atoms with Crippen molar-refractivity contribution in [2.75, 3.05) is 61.1 Å². The lowest BCUT2D eigenvalue weighted by Gasteiger charge is -2.33. The number of urea groups is 1. The Balaban J connectivity index is 1.12. The van der Waals surface area contributed by atoms with Crippen LogP contribution in [-0.2, 0) is 9.47 Å². The van der Waals surface area contributed by atoms with Crippen LogP contribution in [-0.4, -0.2) is 79.0 Å². The summed E-state index contributed by atoms with van der Waals surface area (Å²) in [6.45, 7) is 6.18. The predicted octanol–water partition coefficient (Wildman–Crippen LogP) is 3.57. The number of nitrogens with one attached hydrogen (secondary N) is 2. The van der Waals surface area contributed by atoms with Crippen molar-refractivity contribution in [3.8, 4) is 0 Å². The molecule has 12 heteroatoms. The zero-order valence-corrected chi connectivity index (χ0v) is 22.3. The lowest BCUT2D eigenvalue weighted by molar-refractivity contribution is 0.0526. The summed E-state index contributed by atoms with van der Waals surface area (Å²) in [4.78, 5) is 43.0. The highest BCUT2D eigenvalue weighted by molar-refractivity contribution is 6.05. The van der Waals surface area contributed by atoms with E-state index in [2.05, 4.69) is 25.4 Å². The van der Waals surface area contributed by atoms with Crippen LogP contribution in [0.15, 0.2) is 47.0 Å². The van der Waals surface area contributed by atoms with E-state index in [9.17, 15) is 9.59 Å². The predicted molar refractivity (Wildman–Crippen MR) is 150 cm³/mol. The van der Waals surface area contributed by atoms with Crippen molar-refractivity contribution in [2.24, 2.45) is 0 Å². The van der Waals surface area contributed by atoms with Crippen LogP contribution in [0.25, 0.3) is 22.2 Å². The molecular weight excluding hydrogens is 514 g/mol. The highest BCUT2D eigenvalue weighted by Gasteiger charge is 2.27. The average molecular weight is 546 g/mol. The van der Waals surface area contributed by atoms with Gasteiger partial charge in [-0.05, 0) is 56.2 Å². The molecule has 0 unspecified atom stereocenters. The number of hydrogen-bond acceptors (Lipinski definition) is 10. The molecule has 0 saturated carbocycles. The number of furan rings is 1. The Morgan fingerprint density at radius 1 is 1.02 bits per heavy atom. The quantitative estimate of drug-likeness (QED) is 0.346. The van der Waals surface area contributed by atoms with Crippen molar-refractivity contribution >= 4 is 51.7 Å². The van der Waals surface area contributed by atoms with Crippen LogP contribution in [0.1, 0.15) is 30.1 Å². The van der Waals surface area contributed by atoms with Gasteiger partial charge in [-0.3, -0.25) is 0 Å². The summed E-state index contributed by atoms with van der Waals surface area (Å²) in [5, 5.41) is 6.75. The molecular formula is C28H31N7O5. The number of piperidine rings is 1. The van der Waals surface area contributed by atoms with Gasteiger partial charge in [-0.15, -0.1) is 0 Å². The van der Waals surface area contributed by atoms with Crippen LogP contribution < -0.4 is 20.4 Å². The monoisotopic (exact) mass is 545 g/mol. The maximum atomic E-state index is 12.6. The fourth-order valence-corrected chi connectivity index (χ4v) is 5.06. The smallest absolute Gasteiger partial charge is 0.338 e. The zero-order valence-electron chi connectivity index (χ0n) is 22.3. The minimum absolute atomic E-state index is 0.0106. The van der Waals surface area contributed by atoms with Crippen LogP contribution in [0, 0.1) is 0 Å². The first kappa shape index (κ1) is 25.8. The number of carbonyl (C=O) groups is 2. The summed E-state index contributed by atoms with van der Waals surface area (Å²) in [6.07, 6.45) is 3.20. The number of ether oxygens (including phenoxy) is 2. The van der Waals surface area contributed by atoms with E-state index < -0.39 is 0 Å². The van der Waals surface area contributed by atoms with Gasteiger partial charge in [0.15, 0.2) is 11.4 Å². The number of morpholine rings is 1. The molecule has 40 heavy (non-hydrogen) atoms. The third kappa shape index (κ3) is 5.34. The lowest BCUT2D eigenvalue weighted by Crippen LogP contribution is -2.46. The zero-order chi connectivity index (χ0) is 27.5. The molecule has 0 aliphatic carbocycles. The van der Waals surface area contributed by atoms with Crippen molar-refractivity contribution in [1.82, 2.24) is 20.3 Å². The first-order valence-electron chi connectivity index (χ1n) is 13.6. The fraction of sp³-hybridized carbons (Fsp3) is 0.393. The number of hydrogen-bond donors (Lipinski definition) is 2. The van der Waals surface area contributed by atoms with Gasteiger partial charge in [0.05, 0.1) is 30.8 Å². The molecule has 0 radical (unpaired) electrons. The summed E-state index contributed by atoms with van der Waals surface area (Å²) >= 11 is 0. The molecule has 2 aliphatic rings. The molecule has 2 aliphatic heterocycles. The summed E-state index contributed by atoms with van der Waals surface area (Å²) in [5.41, 5.74) is 2.98. The van der Waals surface area contributed by atoms with E-state index in [0.29, 0.717) is 61.4 Å². The minimum atomic E-state index is -0.386. The van der Waals surface area contributed by atoms with Crippen molar-refractivity contribution in [3.63, 3.8) is 0 Å². The molecule has 208 valence electrons. The molecule has 0 atom stereocenters. The van der Waals surface area contributed by atoms with E-state index >= 15 is 0 Å². The first-order chi connectivity index (χ1) is 19.6. The van der Waals surface area contributed by atoms with Crippen LogP contribution in [0.3, 0.4) is 0 Å². The molecule has 2 saturated heterocycles. The number of aromatic nitrogens is 3. The number of rotatable bonds is 6. The Kier molecular flexibility index (Phi) is 7.32. The second-order valence-corrected chi connectivity index (χ2v) is 9.74. The molecule has 2 N–H and O–H groups in total. The van der Waals surface area contributed by atoms with E-state index in [4.69, 9.17) is 23.9 Å². The van der Waals surface area contributed by atoms with Gasteiger partial charge in [0.2, 0.25) is 11.7 Å². The van der Waals surface area contributed by atoms with Crippen molar-refractivity contribution in [2.45, 2.75) is 25.8 Å². The first-order valence-corrected chi connectivity index (χ1v) is 13.6. The fourth-order valence-electron chi connectivity index (χ4n) is 5.06. The van der Waals surface area contributed by atoms with Gasteiger partial charge in [-0.2, -0.15) is 4.98 Å². The van der Waals surface area contributed by atoms with E-state index in [0.717, 1.165) is 42.7 Å². The molecule has 6 rings (SSSR count). The standard InChI is InChI=1S/C28H31N7O5/c1-2-39-26(36)18-5-7-19(8-6-18)30-28(37)31-20-9-12-35(13-10-20)27-32-22-21-4-3-11-29-25(21)40-23(22)24(33-27)34-14-16-38-17-15-34/h3-8,11,20H,2,9-10,12-17H2,1H3,(H2,30,31,37). The minimum Gasteiger partial charge on any atom is -0.462 e. The second-order valence-electron chi connectivity index (χ2n) is 9.74. The number of amides is 2. The van der Waals surface area contributed by atoms with Crippen molar-refractivity contribution < 1.29 is 23.5 Å². The Labute approximate surface area is 230 Å². The van der Waals surface area contributed by atoms with Gasteiger partial charge in [0, 0.05) is 44.1 Å². The van der Waals surface area contributed by atoms with Crippen LogP contribution in [0.4, 0.5) is 22.2 Å². The van der Waals surface area contributed by atoms with Gasteiger partial charge in [-0.1, -0.05) is 0 Å². The topological polar surface area (TPSA) is 135 Å². The van der Waals surface area contributed by atoms with E-state index in [-0.39, 0.29) is 18.0 Å². The molecule has 12 nitrogen and oxygen atoms in total. The molecule has 2 amide bonds. The second kappa shape index (κ2) is 11.3. The molecule has 0 bridgehead atoms. The van der Waals surface area contributed by atoms with Gasteiger partial charge in [-0.25, -0.2) is 19.6 Å². The Morgan fingerprint density at radius 2 is 1.80 bits per heavy atom. The number of esters is 1. The average Bonchev–Trinajstić information content (AvgIpc) is 3.37. The highest BCUT2D eigenvalue weighted by Crippen LogP contribution is 2.34. The summed E-state index contributed by atoms with van der Waals surface area (Å²) in [7, 11) is 0. The Hall–Kier alpha value is -4.45. The Morgan fingerprint density at radius 3 is 2.55 bits per heavy atom. The third-order valence-corrected chi connectivity index (χ3v) is 7.14. The highest BCUT2D eigenvalue weighted by atomic mass is 16.5. The third-order valence-electron chi connectivity index (χ3n) is 7.14. The lowest BCUT2D eigenvalue weighted by atomic mass is 10.1. The van der Waals surface area contributed by atoms with Crippen molar-refractivity contribution in [1.29, 1.82) is 0 Å². The molecule has 5 heterocycles. The number of anilines is 3. The SMILES string of the molecule is CCOC(=O)c1ccc(NC(=O)NC2CCN(c3nc(N4CCOCC4)c4oc5ncccc5c4n3)CC2)cc1. The number of nitrogens with zero attached hydrogens (tertiary/aromatic N) is 5. The normalized spacial score (nSPS) is 16.3. The number of benzene rings is 1. The van der Waals surface area contributed by atoms with E-state index in [1.807, 2.05) is 12.1 Å². The number of carbonyl (C=O) groups excluding carboxylic acids is 2. The molecule has 1 aromatic carbocycles. The maximum absolute atomic E-state index is 12.6. The molecule has 0 spiro atoms. The molecule has 3 aromatic heterocycles. The number of pyridine rings is 1. The van der Waals surface area contributed by atoms with Crippen LogP contribution >= 0.6 is 0 Å². The Bertz CT molecular complexity index is 1510. The number of fused-ring (bicyclic) bond motifs is 3. The van der Waals surface area contributed by atoms with E-state index in [1.165, 1.54) is 0 Å². The molecule has 2 fully saturated rings. The summed E-state index contributed by atoms with van der Waals surface area (Å²) in [6, 6.07) is 10.2. The van der Waals surface area contributed by atoms with Gasteiger partial charge < -0.3 is 34.3 Å². The van der Waals surface area contributed by atoms with Gasteiger partial charge >= 0.3 is 12.0 Å². The van der Waals surface area contributed by atoms with Gasteiger partial charge in [0.25, 0.3) is 0 Å².